The second kappa shape index (κ2) is 17.7. The molecular weight excluding hydrogens is 841 g/mol. The number of benzene rings is 2. The topological polar surface area (TPSA) is 162 Å². The normalized spacial score (nSPS) is 20.5. The molecule has 1 saturated carbocycles. The number of piperazine rings is 1. The van der Waals surface area contributed by atoms with Crippen LogP contribution < -0.4 is 20.3 Å². The molecule has 7 rings (SSSR count). The molecule has 3 fully saturated rings. The Labute approximate surface area is 368 Å². The molecule has 2 saturated heterocycles. The van der Waals surface area contributed by atoms with E-state index in [0.717, 1.165) is 25.3 Å². The number of alkyl halides is 3. The molecule has 5 atom stereocenters. The third kappa shape index (κ3) is 9.72. The number of carbonyl (C=O) groups is 4. The summed E-state index contributed by atoms with van der Waals surface area (Å²) in [4.78, 5) is 70.6. The van der Waals surface area contributed by atoms with Gasteiger partial charge in [0.1, 0.15) is 23.4 Å². The molecular formula is C45H52ClF3N8O6. The van der Waals surface area contributed by atoms with Crippen molar-refractivity contribution in [3.8, 4) is 28.1 Å². The second-order valence-corrected chi connectivity index (χ2v) is 18.2. The zero-order valence-electron chi connectivity index (χ0n) is 36.2. The zero-order chi connectivity index (χ0) is 45.5. The maximum atomic E-state index is 13.9. The number of carbonyl (C=O) groups excluding carboxylic acids is 4. The number of fused-ring (bicyclic) bond motifs is 2. The number of anilines is 2. The van der Waals surface area contributed by atoms with Crippen LogP contribution in [0.15, 0.2) is 60.9 Å². The molecule has 3 N–H and O–H groups in total. The number of pyridine rings is 1. The molecule has 4 amide bonds. The number of methoxy groups -OCH3 is 1. The molecule has 0 radical (unpaired) electrons. The van der Waals surface area contributed by atoms with Gasteiger partial charge in [-0.1, -0.05) is 70.5 Å². The van der Waals surface area contributed by atoms with Gasteiger partial charge in [-0.3, -0.25) is 14.4 Å². The van der Waals surface area contributed by atoms with E-state index < -0.39 is 35.6 Å². The number of alkyl carbamates (subject to hydrolysis) is 1. The van der Waals surface area contributed by atoms with Crippen molar-refractivity contribution < 1.29 is 41.8 Å². The fourth-order valence-corrected chi connectivity index (χ4v) is 9.11. The van der Waals surface area contributed by atoms with Gasteiger partial charge in [-0.2, -0.15) is 0 Å². The Balaban J connectivity index is 1.06. The van der Waals surface area contributed by atoms with E-state index in [1.807, 2.05) is 51.3 Å². The van der Waals surface area contributed by atoms with Gasteiger partial charge in [0.15, 0.2) is 0 Å². The summed E-state index contributed by atoms with van der Waals surface area (Å²) in [5.41, 5.74) is 1.17. The van der Waals surface area contributed by atoms with Crippen molar-refractivity contribution in [3.63, 3.8) is 0 Å². The molecule has 1 aliphatic carbocycles. The first-order valence-electron chi connectivity index (χ1n) is 21.0. The number of nitrogens with one attached hydrogen (secondary N) is 3. The van der Waals surface area contributed by atoms with E-state index in [-0.39, 0.29) is 63.6 Å². The maximum Gasteiger partial charge on any atom is 0.573 e. The maximum absolute atomic E-state index is 13.9. The van der Waals surface area contributed by atoms with Crippen molar-refractivity contribution >= 4 is 46.9 Å². The van der Waals surface area contributed by atoms with Crippen molar-refractivity contribution in [3.05, 3.63) is 77.3 Å². The molecule has 0 unspecified atom stereocenters. The summed E-state index contributed by atoms with van der Waals surface area (Å²) in [6, 6.07) is 11.1. The molecule has 63 heavy (non-hydrogen) atoms. The number of aromatic nitrogens is 3. The Morgan fingerprint density at radius 3 is 2.32 bits per heavy atom. The molecule has 336 valence electrons. The van der Waals surface area contributed by atoms with Crippen LogP contribution in [0.3, 0.4) is 0 Å². The number of hydrogen-bond acceptors (Lipinski definition) is 9. The highest BCUT2D eigenvalue weighted by Crippen LogP contribution is 2.50. The molecule has 2 aromatic carbocycles. The van der Waals surface area contributed by atoms with Crippen LogP contribution in [0.5, 0.6) is 5.75 Å². The van der Waals surface area contributed by atoms with Gasteiger partial charge >= 0.3 is 12.5 Å². The lowest BCUT2D eigenvalue weighted by Gasteiger charge is -2.42. The highest BCUT2D eigenvalue weighted by Gasteiger charge is 2.51. The number of amides is 4. The Bertz CT molecular complexity index is 2350. The van der Waals surface area contributed by atoms with Gasteiger partial charge in [-0.25, -0.2) is 14.8 Å². The van der Waals surface area contributed by atoms with Crippen molar-refractivity contribution in [1.29, 1.82) is 0 Å². The summed E-state index contributed by atoms with van der Waals surface area (Å²) in [5.74, 6) is -0.131. The molecule has 2 bridgehead atoms. The van der Waals surface area contributed by atoms with Crippen LogP contribution in [-0.2, 0) is 14.3 Å². The summed E-state index contributed by atoms with van der Waals surface area (Å²) in [6.07, 6.45) is -0.0306. The van der Waals surface area contributed by atoms with E-state index in [0.29, 0.717) is 48.1 Å². The van der Waals surface area contributed by atoms with E-state index in [1.54, 1.807) is 42.6 Å². The fourth-order valence-electron chi connectivity index (χ4n) is 8.90. The molecule has 4 aromatic rings. The molecule has 3 aliphatic rings. The van der Waals surface area contributed by atoms with Crippen LogP contribution >= 0.6 is 11.6 Å². The zero-order valence-corrected chi connectivity index (χ0v) is 36.9. The lowest BCUT2D eigenvalue weighted by molar-refractivity contribution is -0.274. The van der Waals surface area contributed by atoms with Crippen molar-refractivity contribution in [2.24, 2.45) is 17.3 Å². The summed E-state index contributed by atoms with van der Waals surface area (Å²) < 4.78 is 50.6. The van der Waals surface area contributed by atoms with Gasteiger partial charge in [0.05, 0.1) is 35.1 Å². The smallest absolute Gasteiger partial charge is 0.453 e. The van der Waals surface area contributed by atoms with Crippen LogP contribution in [0.2, 0.25) is 5.02 Å². The average molecular weight is 893 g/mol. The minimum Gasteiger partial charge on any atom is -0.453 e. The fraction of sp³-hybridized carbons (Fsp3) is 0.467. The minimum absolute atomic E-state index is 0.0131. The third-order valence-corrected chi connectivity index (χ3v) is 12.3. The van der Waals surface area contributed by atoms with Crippen LogP contribution in [0, 0.1) is 17.3 Å². The standard InChI is InChI=1S/C45H52ClF3N8O6/c1-24(2)37(54-43(61)62-7)41(59)57-30-14-12-28(18-30)38(57)39-51-22-34(52-39)27-10-8-26(9-11-27)31-19-32(46)33(20-35(31)63-45(47,48)49)53-40(58)29-13-15-36(50-21-29)56-17-16-55(23-25(56)3)42(60)44(4,5)6/h8-11,13,15,19-22,24-25,28,30,37-38H,12,14,16-18,23H2,1-7H3,(H,51,52)(H,53,58)(H,54,61)/t25-,28+,30-,37+,38+/m1/s1. The average Bonchev–Trinajstić information content (AvgIpc) is 4.00. The van der Waals surface area contributed by atoms with Crippen LogP contribution in [-0.4, -0.2) is 99.8 Å². The summed E-state index contributed by atoms with van der Waals surface area (Å²) in [6.45, 7) is 13.0. The van der Waals surface area contributed by atoms with E-state index in [9.17, 15) is 32.3 Å². The van der Waals surface area contributed by atoms with Crippen LogP contribution in [0.1, 0.15) is 83.0 Å². The van der Waals surface area contributed by atoms with E-state index in [1.165, 1.54) is 19.4 Å². The Kier molecular flexibility index (Phi) is 12.7. The summed E-state index contributed by atoms with van der Waals surface area (Å²) in [5, 5.41) is 5.25. The number of ether oxygens (including phenoxy) is 2. The monoisotopic (exact) mass is 892 g/mol. The van der Waals surface area contributed by atoms with Gasteiger partial charge in [0, 0.05) is 66.7 Å². The van der Waals surface area contributed by atoms with Crippen molar-refractivity contribution in [2.75, 3.05) is 37.0 Å². The SMILES string of the molecule is COC(=O)N[C@H](C(=O)N1[C@@H]2CC[C@@H](C2)[C@H]1c1nc(-c2ccc(-c3cc(Cl)c(NC(=O)c4ccc(N5CCN(C(=O)C(C)(C)C)C[C@H]5C)nc4)cc3OC(F)(F)F)cc2)c[nH]1)C(C)C. The van der Waals surface area contributed by atoms with Gasteiger partial charge in [0.25, 0.3) is 5.91 Å². The number of nitrogens with zero attached hydrogens (tertiary/aromatic N) is 5. The van der Waals surface area contributed by atoms with E-state index >= 15 is 0 Å². The first kappa shape index (κ1) is 45.2. The van der Waals surface area contributed by atoms with Crippen LogP contribution in [0.25, 0.3) is 22.4 Å². The second-order valence-electron chi connectivity index (χ2n) is 17.8. The summed E-state index contributed by atoms with van der Waals surface area (Å²) in [7, 11) is 1.25. The number of piperidine rings is 1. The van der Waals surface area contributed by atoms with Gasteiger partial charge in [-0.15, -0.1) is 13.2 Å². The molecule has 2 aliphatic heterocycles. The highest BCUT2D eigenvalue weighted by atomic mass is 35.5. The number of hydrogen-bond donors (Lipinski definition) is 3. The van der Waals surface area contributed by atoms with Gasteiger partial charge < -0.3 is 39.8 Å². The first-order valence-corrected chi connectivity index (χ1v) is 21.4. The quantitative estimate of drug-likeness (QED) is 0.142. The van der Waals surface area contributed by atoms with Crippen LogP contribution in [0.4, 0.5) is 29.5 Å². The largest absolute Gasteiger partial charge is 0.573 e. The third-order valence-electron chi connectivity index (χ3n) is 12.0. The van der Waals surface area contributed by atoms with Crippen molar-refractivity contribution in [2.45, 2.75) is 91.3 Å². The lowest BCUT2D eigenvalue weighted by Crippen LogP contribution is -2.56. The highest BCUT2D eigenvalue weighted by molar-refractivity contribution is 6.34. The number of H-pyrrole nitrogens is 1. The van der Waals surface area contributed by atoms with E-state index in [4.69, 9.17) is 21.3 Å². The number of imidazole rings is 1. The van der Waals surface area contributed by atoms with Gasteiger partial charge in [-0.05, 0) is 61.8 Å². The number of rotatable bonds is 10. The Morgan fingerprint density at radius 1 is 0.984 bits per heavy atom. The molecule has 0 spiro atoms. The summed E-state index contributed by atoms with van der Waals surface area (Å²) >= 11 is 6.61. The van der Waals surface area contributed by atoms with E-state index in [2.05, 4.69) is 30.2 Å². The molecule has 18 heteroatoms. The Hall–Kier alpha value is -5.84. The lowest BCUT2D eigenvalue weighted by atomic mass is 9.94. The van der Waals surface area contributed by atoms with Gasteiger partial charge in [0.2, 0.25) is 11.8 Å². The molecule has 2 aromatic heterocycles. The number of halogens is 4. The molecule has 14 nitrogen and oxygen atoms in total. The predicted molar refractivity (Wildman–Crippen MR) is 231 cm³/mol. The predicted octanol–water partition coefficient (Wildman–Crippen LogP) is 8.46. The Morgan fingerprint density at radius 2 is 1.70 bits per heavy atom. The number of aromatic amines is 1. The first-order chi connectivity index (χ1) is 29.7. The van der Waals surface area contributed by atoms with Crippen molar-refractivity contribution in [1.82, 2.24) is 30.1 Å². The molecule has 4 heterocycles. The minimum atomic E-state index is -5.06. The number of likely N-dealkylation sites (tertiary alicyclic amines) is 1.